The van der Waals surface area contributed by atoms with Gasteiger partial charge in [0.25, 0.3) is 17.5 Å². The Balaban J connectivity index is 1.49. The molecule has 5 atom stereocenters. The van der Waals surface area contributed by atoms with Crippen LogP contribution in [0.1, 0.15) is 30.9 Å². The molecule has 3 aromatic rings. The van der Waals surface area contributed by atoms with E-state index in [4.69, 9.17) is 11.6 Å². The van der Waals surface area contributed by atoms with Crippen molar-refractivity contribution in [2.24, 2.45) is 11.8 Å². The number of nitrogens with zero attached hydrogens (tertiary/aromatic N) is 4. The predicted molar refractivity (Wildman–Crippen MR) is 128 cm³/mol. The molecule has 36 heavy (non-hydrogen) atoms. The van der Waals surface area contributed by atoms with Gasteiger partial charge in [0.05, 0.1) is 10.4 Å². The van der Waals surface area contributed by atoms with E-state index in [1.54, 1.807) is 36.0 Å². The highest BCUT2D eigenvalue weighted by molar-refractivity contribution is 7.13. The summed E-state index contributed by atoms with van der Waals surface area (Å²) in [6, 6.07) is 4.75. The zero-order chi connectivity index (χ0) is 25.4. The van der Waals surface area contributed by atoms with Crippen molar-refractivity contribution < 1.29 is 22.8 Å². The maximum atomic E-state index is 14.2. The lowest BCUT2D eigenvalue weighted by Gasteiger charge is -2.34. The summed E-state index contributed by atoms with van der Waals surface area (Å²) in [6.07, 6.45) is 5.81. The lowest BCUT2D eigenvalue weighted by molar-refractivity contribution is -0.128. The summed E-state index contributed by atoms with van der Waals surface area (Å²) in [7, 11) is 0. The second-order valence-corrected chi connectivity index (χ2v) is 10.3. The maximum absolute atomic E-state index is 14.2. The minimum absolute atomic E-state index is 0.139. The predicted octanol–water partition coefficient (Wildman–Crippen LogP) is 4.76. The topological polar surface area (TPSA) is 88.1 Å². The zero-order valence-corrected chi connectivity index (χ0v) is 20.3. The average molecular weight is 536 g/mol. The van der Waals surface area contributed by atoms with Crippen LogP contribution in [0.4, 0.5) is 18.9 Å². The number of nitrogens with one attached hydrogen (secondary N) is 1. The van der Waals surface area contributed by atoms with Crippen LogP contribution in [-0.2, 0) is 9.59 Å². The SMILES string of the molecule is O=C(N[C@H]1C[C@H]2C[C@@H]1CC2(F)F)C(c1cncnc1)N(C(=O)[C@H](F)Cl)c1ccc(-c2cncs2)cc1. The Kier molecular flexibility index (Phi) is 6.69. The summed E-state index contributed by atoms with van der Waals surface area (Å²) in [5, 5.41) is 2.83. The Labute approximate surface area is 213 Å². The van der Waals surface area contributed by atoms with E-state index in [-0.39, 0.29) is 30.0 Å². The number of carbonyl (C=O) groups is 2. The summed E-state index contributed by atoms with van der Waals surface area (Å²) >= 11 is 6.99. The van der Waals surface area contributed by atoms with Crippen LogP contribution in [0, 0.1) is 11.8 Å². The van der Waals surface area contributed by atoms with Gasteiger partial charge in [0.1, 0.15) is 12.4 Å². The highest BCUT2D eigenvalue weighted by atomic mass is 35.5. The molecule has 12 heteroatoms. The first-order valence-electron chi connectivity index (χ1n) is 11.3. The van der Waals surface area contributed by atoms with Crippen molar-refractivity contribution >= 4 is 40.4 Å². The number of fused-ring (bicyclic) bond motifs is 2. The Morgan fingerprint density at radius 2 is 1.83 bits per heavy atom. The third-order valence-corrected chi connectivity index (χ3v) is 7.85. The van der Waals surface area contributed by atoms with Gasteiger partial charge < -0.3 is 5.32 Å². The molecular weight excluding hydrogens is 515 g/mol. The number of thiazole rings is 1. The summed E-state index contributed by atoms with van der Waals surface area (Å²) in [4.78, 5) is 40.4. The molecule has 188 valence electrons. The molecule has 2 heterocycles. The van der Waals surface area contributed by atoms with Crippen LogP contribution in [0.15, 0.2) is 54.7 Å². The maximum Gasteiger partial charge on any atom is 0.278 e. The molecule has 1 N–H and O–H groups in total. The van der Waals surface area contributed by atoms with Crippen molar-refractivity contribution in [1.29, 1.82) is 0 Å². The first-order valence-corrected chi connectivity index (χ1v) is 12.6. The number of rotatable bonds is 7. The molecule has 2 amide bonds. The third-order valence-electron chi connectivity index (χ3n) is 6.84. The molecule has 1 aromatic carbocycles. The van der Waals surface area contributed by atoms with Crippen LogP contribution >= 0.6 is 22.9 Å². The number of halogens is 4. The van der Waals surface area contributed by atoms with Crippen LogP contribution in [-0.4, -0.2) is 44.4 Å². The van der Waals surface area contributed by atoms with Gasteiger partial charge in [0, 0.05) is 48.2 Å². The smallest absolute Gasteiger partial charge is 0.278 e. The second-order valence-electron chi connectivity index (χ2n) is 9.00. The van der Waals surface area contributed by atoms with E-state index in [1.807, 2.05) is 0 Å². The molecule has 1 unspecified atom stereocenters. The summed E-state index contributed by atoms with van der Waals surface area (Å²) in [5.74, 6) is -5.69. The Hall–Kier alpha value is -3.05. The lowest BCUT2D eigenvalue weighted by atomic mass is 9.92. The van der Waals surface area contributed by atoms with Crippen LogP contribution in [0.5, 0.6) is 0 Å². The fraction of sp³-hybridized carbons (Fsp3) is 0.375. The molecule has 7 nitrogen and oxygen atoms in total. The zero-order valence-electron chi connectivity index (χ0n) is 18.7. The van der Waals surface area contributed by atoms with E-state index in [0.717, 1.165) is 15.3 Å². The van der Waals surface area contributed by atoms with Gasteiger partial charge in [-0.15, -0.1) is 11.3 Å². The molecule has 0 aliphatic heterocycles. The van der Waals surface area contributed by atoms with Gasteiger partial charge in [0.2, 0.25) is 5.91 Å². The van der Waals surface area contributed by atoms with E-state index in [0.29, 0.717) is 6.42 Å². The fourth-order valence-corrected chi connectivity index (χ4v) is 5.91. The van der Waals surface area contributed by atoms with Gasteiger partial charge in [-0.05, 0) is 36.5 Å². The van der Waals surface area contributed by atoms with Crippen molar-refractivity contribution in [3.8, 4) is 10.4 Å². The Morgan fingerprint density at radius 3 is 2.39 bits per heavy atom. The molecular formula is C24H21ClF3N5O2S. The molecule has 5 rings (SSSR count). The van der Waals surface area contributed by atoms with Crippen molar-refractivity contribution in [1.82, 2.24) is 20.3 Å². The summed E-state index contributed by atoms with van der Waals surface area (Å²) in [5.41, 5.74) is 0.526. The van der Waals surface area contributed by atoms with E-state index < -0.39 is 41.4 Å². The van der Waals surface area contributed by atoms with Gasteiger partial charge in [-0.1, -0.05) is 23.7 Å². The monoisotopic (exact) mass is 535 g/mol. The summed E-state index contributed by atoms with van der Waals surface area (Å²) in [6.45, 7) is 0. The minimum Gasteiger partial charge on any atom is -0.351 e. The fourth-order valence-electron chi connectivity index (χ4n) is 5.17. The largest absolute Gasteiger partial charge is 0.351 e. The van der Waals surface area contributed by atoms with Gasteiger partial charge in [-0.2, -0.15) is 0 Å². The molecule has 2 saturated carbocycles. The van der Waals surface area contributed by atoms with Gasteiger partial charge in [-0.25, -0.2) is 23.1 Å². The highest BCUT2D eigenvalue weighted by Gasteiger charge is 2.57. The lowest BCUT2D eigenvalue weighted by Crippen LogP contribution is -2.50. The van der Waals surface area contributed by atoms with Crippen LogP contribution in [0.25, 0.3) is 10.4 Å². The number of alkyl halides is 4. The molecule has 2 aliphatic rings. The average Bonchev–Trinajstić information content (AvgIpc) is 3.59. The van der Waals surface area contributed by atoms with E-state index in [9.17, 15) is 22.8 Å². The normalized spacial score (nSPS) is 23.7. The van der Waals surface area contributed by atoms with Crippen molar-refractivity contribution in [3.63, 3.8) is 0 Å². The van der Waals surface area contributed by atoms with Crippen LogP contribution in [0.3, 0.4) is 0 Å². The third kappa shape index (κ3) is 4.69. The first-order chi connectivity index (χ1) is 17.2. The number of hydrogen-bond donors (Lipinski definition) is 1. The molecule has 0 spiro atoms. The Bertz CT molecular complexity index is 1230. The molecule has 0 saturated heterocycles. The van der Waals surface area contributed by atoms with Crippen molar-refractivity contribution in [2.75, 3.05) is 4.90 Å². The van der Waals surface area contributed by atoms with Crippen LogP contribution < -0.4 is 10.2 Å². The highest BCUT2D eigenvalue weighted by Crippen LogP contribution is 2.53. The van der Waals surface area contributed by atoms with Crippen molar-refractivity contribution in [2.45, 2.75) is 42.9 Å². The van der Waals surface area contributed by atoms with Gasteiger partial charge in [0.15, 0.2) is 0 Å². The van der Waals surface area contributed by atoms with E-state index in [1.165, 1.54) is 30.1 Å². The number of hydrogen-bond acceptors (Lipinski definition) is 6. The summed E-state index contributed by atoms with van der Waals surface area (Å²) < 4.78 is 42.2. The molecule has 0 radical (unpaired) electrons. The van der Waals surface area contributed by atoms with Gasteiger partial charge >= 0.3 is 0 Å². The second kappa shape index (κ2) is 9.78. The molecule has 2 fully saturated rings. The number of carbonyl (C=O) groups excluding carboxylic acids is 2. The molecule has 2 aliphatic carbocycles. The number of aromatic nitrogens is 3. The standard InChI is InChI=1S/C24H21ClF3N5O2S/c25-21(26)23(35)33(17-3-1-13(2-4-17)19-10-31-12-36-19)20(15-8-29-11-30-9-15)22(34)32-18-6-16-5-14(18)7-24(16,27)28/h1-4,8-12,14,16,18,20-21H,5-7H2,(H,32,34)/t14-,16-,18+,20?,21+/m1/s1. The van der Waals surface area contributed by atoms with E-state index in [2.05, 4.69) is 20.3 Å². The van der Waals surface area contributed by atoms with Crippen molar-refractivity contribution in [3.05, 3.63) is 60.3 Å². The van der Waals surface area contributed by atoms with Crippen LogP contribution in [0.2, 0.25) is 0 Å². The minimum atomic E-state index is -2.74. The molecule has 2 bridgehead atoms. The van der Waals surface area contributed by atoms with E-state index >= 15 is 0 Å². The van der Waals surface area contributed by atoms with Gasteiger partial charge in [-0.3, -0.25) is 19.5 Å². The molecule has 2 aromatic heterocycles. The quantitative estimate of drug-likeness (QED) is 0.441. The number of benzene rings is 1. The Morgan fingerprint density at radius 1 is 1.11 bits per heavy atom. The first kappa shape index (κ1) is 24.6. The number of anilines is 1. The number of amides is 2.